The second kappa shape index (κ2) is 6.45. The predicted molar refractivity (Wildman–Crippen MR) is 89.6 cm³/mol. The summed E-state index contributed by atoms with van der Waals surface area (Å²) in [6.07, 6.45) is 3.21. The van der Waals surface area contributed by atoms with Crippen LogP contribution in [0.15, 0.2) is 35.1 Å². The molecule has 0 aromatic carbocycles. The Labute approximate surface area is 139 Å². The summed E-state index contributed by atoms with van der Waals surface area (Å²) in [5, 5.41) is 17.0. The van der Waals surface area contributed by atoms with Crippen LogP contribution >= 0.6 is 0 Å². The van der Waals surface area contributed by atoms with E-state index in [1.54, 1.807) is 42.3 Å². The zero-order valence-electron chi connectivity index (χ0n) is 13.9. The van der Waals surface area contributed by atoms with Gasteiger partial charge in [0.05, 0.1) is 30.0 Å². The Morgan fingerprint density at radius 2 is 2.21 bits per heavy atom. The van der Waals surface area contributed by atoms with E-state index in [2.05, 4.69) is 15.4 Å². The molecule has 0 radical (unpaired) electrons. The molecule has 3 rings (SSSR count). The summed E-state index contributed by atoms with van der Waals surface area (Å²) in [5.74, 6) is 0.303. The van der Waals surface area contributed by atoms with Crippen LogP contribution in [0.2, 0.25) is 0 Å². The van der Waals surface area contributed by atoms with E-state index in [1.807, 2.05) is 13.8 Å². The van der Waals surface area contributed by atoms with E-state index in [9.17, 15) is 4.79 Å². The fourth-order valence-corrected chi connectivity index (χ4v) is 2.48. The lowest BCUT2D eigenvalue weighted by molar-refractivity contribution is 0.0924. The van der Waals surface area contributed by atoms with Crippen molar-refractivity contribution >= 4 is 16.9 Å². The molecule has 0 aliphatic heterocycles. The highest BCUT2D eigenvalue weighted by Gasteiger charge is 2.20. The first kappa shape index (κ1) is 16.2. The largest absolute Gasteiger partial charge is 0.463 e. The molecular weight excluding hydrogens is 308 g/mol. The van der Waals surface area contributed by atoms with Crippen molar-refractivity contribution in [1.29, 1.82) is 0 Å². The van der Waals surface area contributed by atoms with E-state index < -0.39 is 0 Å². The number of carbonyl (C=O) groups excluding carboxylic acids is 1. The average Bonchev–Trinajstić information content (AvgIpc) is 3.22. The Bertz CT molecular complexity index is 852. The van der Waals surface area contributed by atoms with Crippen LogP contribution in [0.4, 0.5) is 0 Å². The summed E-state index contributed by atoms with van der Waals surface area (Å²) in [4.78, 5) is 17.2. The van der Waals surface area contributed by atoms with Crippen molar-refractivity contribution in [2.45, 2.75) is 32.9 Å². The smallest absolute Gasteiger partial charge is 0.252 e. The van der Waals surface area contributed by atoms with Crippen molar-refractivity contribution in [3.63, 3.8) is 0 Å². The molecule has 3 aromatic rings. The third kappa shape index (κ3) is 2.90. The van der Waals surface area contributed by atoms with Gasteiger partial charge in [-0.25, -0.2) is 9.67 Å². The number of rotatable bonds is 5. The molecule has 0 aliphatic rings. The molecule has 0 fully saturated rings. The summed E-state index contributed by atoms with van der Waals surface area (Å²) >= 11 is 0. The molecule has 0 spiro atoms. The molecule has 1 amide bonds. The van der Waals surface area contributed by atoms with Gasteiger partial charge in [-0.3, -0.25) is 4.79 Å². The minimum Gasteiger partial charge on any atom is -0.463 e. The van der Waals surface area contributed by atoms with Crippen LogP contribution in [0, 0.1) is 0 Å². The Kier molecular flexibility index (Phi) is 4.35. The van der Waals surface area contributed by atoms with Gasteiger partial charge < -0.3 is 14.8 Å². The van der Waals surface area contributed by atoms with Crippen LogP contribution in [0.25, 0.3) is 22.5 Å². The third-order valence-corrected chi connectivity index (χ3v) is 3.73. The maximum absolute atomic E-state index is 12.6. The molecular formula is C17H20N4O3. The molecule has 0 bridgehead atoms. The van der Waals surface area contributed by atoms with Gasteiger partial charge in [0.1, 0.15) is 5.69 Å². The number of aromatic nitrogens is 3. The molecule has 2 N–H and O–H groups in total. The Morgan fingerprint density at radius 1 is 1.42 bits per heavy atom. The number of fused-ring (bicyclic) bond motifs is 1. The first-order valence-electron chi connectivity index (χ1n) is 7.85. The van der Waals surface area contributed by atoms with E-state index in [-0.39, 0.29) is 24.6 Å². The number of amides is 1. The van der Waals surface area contributed by atoms with Crippen LogP contribution in [0.1, 0.15) is 37.2 Å². The summed E-state index contributed by atoms with van der Waals surface area (Å²) in [6, 6.07) is 5.02. The maximum atomic E-state index is 12.6. The molecule has 0 aliphatic carbocycles. The van der Waals surface area contributed by atoms with E-state index in [1.165, 1.54) is 0 Å². The van der Waals surface area contributed by atoms with Gasteiger partial charge in [-0.1, -0.05) is 0 Å². The summed E-state index contributed by atoms with van der Waals surface area (Å²) < 4.78 is 7.19. The average molecular weight is 328 g/mol. The highest BCUT2D eigenvalue weighted by Crippen LogP contribution is 2.26. The fraction of sp³-hybridized carbons (Fsp3) is 0.353. The van der Waals surface area contributed by atoms with Crippen molar-refractivity contribution in [3.05, 3.63) is 36.2 Å². The minimum absolute atomic E-state index is 0.106. The number of aliphatic hydroxyl groups excluding tert-OH is 1. The number of nitrogens with zero attached hydrogens (tertiary/aromatic N) is 3. The van der Waals surface area contributed by atoms with Crippen LogP contribution in [0.5, 0.6) is 0 Å². The molecule has 1 atom stereocenters. The van der Waals surface area contributed by atoms with Crippen LogP contribution in [-0.2, 0) is 0 Å². The molecule has 7 heteroatoms. The minimum atomic E-state index is -0.340. The van der Waals surface area contributed by atoms with Gasteiger partial charge in [-0.2, -0.15) is 5.10 Å². The number of carbonyl (C=O) groups is 1. The normalized spacial score (nSPS) is 12.7. The fourth-order valence-electron chi connectivity index (χ4n) is 2.48. The standard InChI is InChI=1S/C17H20N4O3/c1-10(2)21-16-13(8-18-21)12(17(23)19-11(3)9-22)7-14(20-16)15-5-4-6-24-15/h4-8,10-11,22H,9H2,1-3H3,(H,19,23). The highest BCUT2D eigenvalue weighted by molar-refractivity contribution is 6.06. The van der Waals surface area contributed by atoms with Crippen molar-refractivity contribution in [2.75, 3.05) is 6.61 Å². The molecule has 7 nitrogen and oxygen atoms in total. The molecule has 126 valence electrons. The first-order valence-corrected chi connectivity index (χ1v) is 7.85. The third-order valence-electron chi connectivity index (χ3n) is 3.73. The Balaban J connectivity index is 2.17. The molecule has 0 saturated heterocycles. The lowest BCUT2D eigenvalue weighted by Crippen LogP contribution is -2.35. The quantitative estimate of drug-likeness (QED) is 0.750. The summed E-state index contributed by atoms with van der Waals surface area (Å²) in [6.45, 7) is 5.61. The van der Waals surface area contributed by atoms with E-state index in [0.29, 0.717) is 28.1 Å². The predicted octanol–water partition coefficient (Wildman–Crippen LogP) is 2.38. The molecule has 3 heterocycles. The van der Waals surface area contributed by atoms with E-state index in [4.69, 9.17) is 9.52 Å². The van der Waals surface area contributed by atoms with Crippen LogP contribution in [0.3, 0.4) is 0 Å². The molecule has 0 saturated carbocycles. The zero-order valence-corrected chi connectivity index (χ0v) is 13.9. The van der Waals surface area contributed by atoms with Crippen molar-refractivity contribution in [1.82, 2.24) is 20.1 Å². The number of furan rings is 1. The molecule has 1 unspecified atom stereocenters. The zero-order chi connectivity index (χ0) is 17.3. The van der Waals surface area contributed by atoms with E-state index >= 15 is 0 Å². The van der Waals surface area contributed by atoms with Gasteiger partial charge in [-0.05, 0) is 39.0 Å². The monoisotopic (exact) mass is 328 g/mol. The van der Waals surface area contributed by atoms with Gasteiger partial charge in [0.15, 0.2) is 11.4 Å². The van der Waals surface area contributed by atoms with Crippen molar-refractivity contribution in [2.24, 2.45) is 0 Å². The Morgan fingerprint density at radius 3 is 2.83 bits per heavy atom. The van der Waals surface area contributed by atoms with Crippen LogP contribution < -0.4 is 5.32 Å². The Hall–Kier alpha value is -2.67. The number of hydrogen-bond acceptors (Lipinski definition) is 5. The highest BCUT2D eigenvalue weighted by atomic mass is 16.3. The SMILES string of the molecule is CC(CO)NC(=O)c1cc(-c2ccco2)nc2c1cnn2C(C)C. The maximum Gasteiger partial charge on any atom is 0.252 e. The number of hydrogen-bond donors (Lipinski definition) is 2. The van der Waals surface area contributed by atoms with Gasteiger partial charge >= 0.3 is 0 Å². The van der Waals surface area contributed by atoms with E-state index in [0.717, 1.165) is 0 Å². The van der Waals surface area contributed by atoms with Crippen molar-refractivity contribution in [3.8, 4) is 11.5 Å². The number of aliphatic hydroxyl groups is 1. The summed E-state index contributed by atoms with van der Waals surface area (Å²) in [7, 11) is 0. The number of nitrogens with one attached hydrogen (secondary N) is 1. The van der Waals surface area contributed by atoms with Crippen LogP contribution in [-0.4, -0.2) is 38.4 Å². The topological polar surface area (TPSA) is 93.2 Å². The lowest BCUT2D eigenvalue weighted by atomic mass is 10.1. The van der Waals surface area contributed by atoms with Gasteiger partial charge in [0, 0.05) is 12.1 Å². The number of pyridine rings is 1. The first-order chi connectivity index (χ1) is 11.5. The summed E-state index contributed by atoms with van der Waals surface area (Å²) in [5.41, 5.74) is 1.65. The van der Waals surface area contributed by atoms with Gasteiger partial charge in [-0.15, -0.1) is 0 Å². The van der Waals surface area contributed by atoms with Gasteiger partial charge in [0.25, 0.3) is 5.91 Å². The van der Waals surface area contributed by atoms with Crippen molar-refractivity contribution < 1.29 is 14.3 Å². The van der Waals surface area contributed by atoms with Gasteiger partial charge in [0.2, 0.25) is 0 Å². The lowest BCUT2D eigenvalue weighted by Gasteiger charge is -2.13. The second-order valence-electron chi connectivity index (χ2n) is 6.01. The molecule has 24 heavy (non-hydrogen) atoms. The molecule has 3 aromatic heterocycles. The second-order valence-corrected chi connectivity index (χ2v) is 6.01.